The molecule has 2 amide bonds. The van der Waals surface area contributed by atoms with Gasteiger partial charge in [-0.2, -0.15) is 0 Å². The Hall–Kier alpha value is -2.63. The lowest BCUT2D eigenvalue weighted by molar-refractivity contribution is -0.147. The Morgan fingerprint density at radius 3 is 2.50 bits per heavy atom. The van der Waals surface area contributed by atoms with Crippen molar-refractivity contribution in [3.05, 3.63) is 29.8 Å². The number of methoxy groups -OCH3 is 1. The fourth-order valence-corrected chi connectivity index (χ4v) is 3.42. The summed E-state index contributed by atoms with van der Waals surface area (Å²) in [6.45, 7) is 4.40. The maximum absolute atomic E-state index is 13.1. The molecular weight excluding hydrogens is 441 g/mol. The maximum atomic E-state index is 13.1. The zero-order valence-corrected chi connectivity index (χ0v) is 20.1. The third-order valence-corrected chi connectivity index (χ3v) is 5.36. The van der Waals surface area contributed by atoms with Gasteiger partial charge in [-0.05, 0) is 42.9 Å². The number of nitrogens with two attached hydrogens (primary N) is 1. The van der Waals surface area contributed by atoms with Crippen LogP contribution in [0.4, 0.5) is 0 Å². The van der Waals surface area contributed by atoms with Crippen LogP contribution in [0, 0.1) is 5.92 Å². The quantitative estimate of drug-likeness (QED) is 0.243. The molecule has 1 aromatic carbocycles. The van der Waals surface area contributed by atoms with Gasteiger partial charge in [-0.1, -0.05) is 26.0 Å². The lowest BCUT2D eigenvalue weighted by atomic mass is 9.75. The number of fused-ring (bicyclic) bond motifs is 16. The van der Waals surface area contributed by atoms with Crippen LogP contribution in [0.1, 0.15) is 32.3 Å². The van der Waals surface area contributed by atoms with Crippen molar-refractivity contribution in [2.24, 2.45) is 11.7 Å². The van der Waals surface area contributed by atoms with E-state index in [0.29, 0.717) is 19.6 Å². The molecule has 3 atom stereocenters. The van der Waals surface area contributed by atoms with Crippen molar-refractivity contribution in [2.45, 2.75) is 51.0 Å². The SMILES string of the molecule is COC(=O)[C@@H]1COCCCCOc2ccc(cc2)C[C@H]([B]OCN)C(=O)N[C@@H](C(C)C)C(=O)N1. The van der Waals surface area contributed by atoms with Gasteiger partial charge in [0.25, 0.3) is 0 Å². The van der Waals surface area contributed by atoms with Gasteiger partial charge in [0.1, 0.15) is 11.8 Å². The van der Waals surface area contributed by atoms with E-state index in [2.05, 4.69) is 10.6 Å². The third-order valence-electron chi connectivity index (χ3n) is 5.36. The van der Waals surface area contributed by atoms with E-state index < -0.39 is 35.7 Å². The highest BCUT2D eigenvalue weighted by atomic mass is 16.5. The molecular formula is C23H35BN3O7. The van der Waals surface area contributed by atoms with Crippen LogP contribution in [0.2, 0.25) is 5.82 Å². The van der Waals surface area contributed by atoms with E-state index in [-0.39, 0.29) is 19.3 Å². The summed E-state index contributed by atoms with van der Waals surface area (Å²) in [6, 6.07) is 5.60. The molecule has 4 N–H and O–H groups in total. The molecule has 1 radical (unpaired) electrons. The minimum atomic E-state index is -0.993. The number of hydrogen-bond donors (Lipinski definition) is 3. The summed E-state index contributed by atoms with van der Waals surface area (Å²) in [6.07, 6.45) is 1.83. The minimum Gasteiger partial charge on any atom is -0.494 e. The van der Waals surface area contributed by atoms with E-state index in [1.165, 1.54) is 14.6 Å². The van der Waals surface area contributed by atoms with Crippen LogP contribution in [0.25, 0.3) is 0 Å². The Balaban J connectivity index is 2.26. The standard InChI is InChI=1S/C23H35BN3O7/c1-15(2)20-22(29)26-19(23(30)31-3)13-32-10-4-5-11-33-17-8-6-16(7-9-17)12-18(21(28)27-20)24-34-14-25/h6-9,15,18-20H,4-5,10-14,25H2,1-3H3,(H,26,29)(H,27,28)/t18-,19-,20-/m0/s1. The van der Waals surface area contributed by atoms with Crippen molar-refractivity contribution in [3.63, 3.8) is 0 Å². The molecule has 0 aliphatic carbocycles. The van der Waals surface area contributed by atoms with Gasteiger partial charge in [0.2, 0.25) is 11.8 Å². The van der Waals surface area contributed by atoms with E-state index in [4.69, 9.17) is 24.6 Å². The Kier molecular flexibility index (Phi) is 11.9. The van der Waals surface area contributed by atoms with Gasteiger partial charge in [-0.3, -0.25) is 9.59 Å². The number of rotatable bonds is 5. The molecule has 0 unspecified atom stereocenters. The first-order valence-electron chi connectivity index (χ1n) is 11.5. The second kappa shape index (κ2) is 14.6. The van der Waals surface area contributed by atoms with Crippen molar-refractivity contribution < 1.29 is 33.2 Å². The van der Waals surface area contributed by atoms with Gasteiger partial charge in [-0.25, -0.2) is 4.79 Å². The molecule has 187 valence electrons. The molecule has 0 aromatic heterocycles. The van der Waals surface area contributed by atoms with Crippen molar-refractivity contribution in [1.29, 1.82) is 0 Å². The second-order valence-corrected chi connectivity index (χ2v) is 8.37. The summed E-state index contributed by atoms with van der Waals surface area (Å²) >= 11 is 0. The monoisotopic (exact) mass is 476 g/mol. The van der Waals surface area contributed by atoms with Crippen LogP contribution in [-0.2, 0) is 34.9 Å². The highest BCUT2D eigenvalue weighted by molar-refractivity contribution is 6.37. The largest absolute Gasteiger partial charge is 0.494 e. The summed E-state index contributed by atoms with van der Waals surface area (Å²) in [7, 11) is 2.62. The molecule has 0 saturated carbocycles. The third kappa shape index (κ3) is 8.96. The first-order chi connectivity index (χ1) is 16.3. The fraction of sp³-hybridized carbons (Fsp3) is 0.609. The van der Waals surface area contributed by atoms with Crippen LogP contribution in [0.5, 0.6) is 5.75 Å². The normalized spacial score (nSPS) is 23.0. The molecule has 0 fully saturated rings. The fourth-order valence-electron chi connectivity index (χ4n) is 3.42. The van der Waals surface area contributed by atoms with Crippen molar-refractivity contribution >= 4 is 25.3 Å². The zero-order valence-electron chi connectivity index (χ0n) is 20.1. The Morgan fingerprint density at radius 1 is 1.15 bits per heavy atom. The summed E-state index contributed by atoms with van der Waals surface area (Å²) in [5.41, 5.74) is 6.34. The Bertz CT molecular complexity index is 791. The highest BCUT2D eigenvalue weighted by Crippen LogP contribution is 2.19. The number of benzene rings is 1. The summed E-state index contributed by atoms with van der Waals surface area (Å²) < 4.78 is 21.4. The Labute approximate surface area is 201 Å². The van der Waals surface area contributed by atoms with E-state index >= 15 is 0 Å². The smallest absolute Gasteiger partial charge is 0.330 e. The molecule has 2 bridgehead atoms. The number of carbonyl (C=O) groups is 3. The van der Waals surface area contributed by atoms with Gasteiger partial charge in [0.05, 0.1) is 27.1 Å². The van der Waals surface area contributed by atoms with Gasteiger partial charge in [0.15, 0.2) is 6.04 Å². The van der Waals surface area contributed by atoms with Crippen LogP contribution in [-0.4, -0.2) is 71.0 Å². The van der Waals surface area contributed by atoms with E-state index in [1.54, 1.807) is 13.8 Å². The molecule has 10 nitrogen and oxygen atoms in total. The molecule has 0 saturated heterocycles. The molecule has 2 aliphatic rings. The van der Waals surface area contributed by atoms with E-state index in [0.717, 1.165) is 24.2 Å². The van der Waals surface area contributed by atoms with Crippen molar-refractivity contribution in [3.8, 4) is 5.75 Å². The van der Waals surface area contributed by atoms with Gasteiger partial charge in [-0.15, -0.1) is 0 Å². The first-order valence-corrected chi connectivity index (χ1v) is 11.5. The first kappa shape index (κ1) is 27.6. The van der Waals surface area contributed by atoms with Gasteiger partial charge >= 0.3 is 13.5 Å². The van der Waals surface area contributed by atoms with Crippen LogP contribution in [0.15, 0.2) is 24.3 Å². The lowest BCUT2D eigenvalue weighted by Gasteiger charge is -2.26. The summed E-state index contributed by atoms with van der Waals surface area (Å²) in [5, 5.41) is 5.44. The molecule has 2 heterocycles. The molecule has 11 heteroatoms. The van der Waals surface area contributed by atoms with E-state index in [9.17, 15) is 14.4 Å². The molecule has 34 heavy (non-hydrogen) atoms. The molecule has 2 aliphatic heterocycles. The highest BCUT2D eigenvalue weighted by Gasteiger charge is 2.32. The number of carbonyl (C=O) groups excluding carboxylic acids is 3. The number of esters is 1. The van der Waals surface area contributed by atoms with Crippen molar-refractivity contribution in [1.82, 2.24) is 10.6 Å². The zero-order chi connectivity index (χ0) is 24.9. The van der Waals surface area contributed by atoms with Crippen LogP contribution < -0.4 is 21.1 Å². The number of hydrogen-bond acceptors (Lipinski definition) is 8. The lowest BCUT2D eigenvalue weighted by Crippen LogP contribution is -2.55. The number of nitrogens with one attached hydrogen (secondary N) is 2. The van der Waals surface area contributed by atoms with Crippen LogP contribution >= 0.6 is 0 Å². The van der Waals surface area contributed by atoms with E-state index in [1.807, 2.05) is 24.3 Å². The van der Waals surface area contributed by atoms with Gasteiger partial charge < -0.3 is 35.2 Å². The maximum Gasteiger partial charge on any atom is 0.330 e. The van der Waals surface area contributed by atoms with Crippen LogP contribution in [0.3, 0.4) is 0 Å². The summed E-state index contributed by atoms with van der Waals surface area (Å²) in [5.74, 6) is -1.73. The topological polar surface area (TPSA) is 138 Å². The summed E-state index contributed by atoms with van der Waals surface area (Å²) in [4.78, 5) is 38.3. The molecule has 0 spiro atoms. The van der Waals surface area contributed by atoms with Crippen molar-refractivity contribution in [2.75, 3.05) is 33.7 Å². The number of amides is 2. The minimum absolute atomic E-state index is 0.0417. The second-order valence-electron chi connectivity index (χ2n) is 8.37. The average molecular weight is 476 g/mol. The number of ether oxygens (including phenoxy) is 3. The Morgan fingerprint density at radius 2 is 1.85 bits per heavy atom. The predicted molar refractivity (Wildman–Crippen MR) is 126 cm³/mol. The molecule has 3 rings (SSSR count). The molecule has 1 aromatic rings. The average Bonchev–Trinajstić information content (AvgIpc) is 2.83. The van der Waals surface area contributed by atoms with Gasteiger partial charge in [0, 0.05) is 12.4 Å². The predicted octanol–water partition coefficient (Wildman–Crippen LogP) is 0.557.